The zero-order valence-electron chi connectivity index (χ0n) is 11.8. The van der Waals surface area contributed by atoms with E-state index in [1.807, 2.05) is 12.1 Å². The minimum absolute atomic E-state index is 0.291. The minimum atomic E-state index is 0.291. The number of hydrogen-bond acceptors (Lipinski definition) is 5. The van der Waals surface area contributed by atoms with Gasteiger partial charge in [-0.3, -0.25) is 4.90 Å². The average Bonchev–Trinajstić information content (AvgIpc) is 2.48. The molecule has 0 unspecified atom stereocenters. The van der Waals surface area contributed by atoms with Gasteiger partial charge in [0.05, 0.1) is 11.6 Å². The fraction of sp³-hybridized carbons (Fsp3) is 0.571. The molecule has 2 heterocycles. The van der Waals surface area contributed by atoms with Crippen molar-refractivity contribution in [2.45, 2.75) is 13.0 Å². The van der Waals surface area contributed by atoms with Crippen molar-refractivity contribution in [2.75, 3.05) is 44.8 Å². The number of rotatable bonds is 4. The van der Waals surface area contributed by atoms with Gasteiger partial charge in [0.1, 0.15) is 11.9 Å². The number of halogens is 1. The molecule has 1 saturated heterocycles. The number of aromatic nitrogens is 1. The highest BCUT2D eigenvalue weighted by Gasteiger charge is 2.22. The summed E-state index contributed by atoms with van der Waals surface area (Å²) in [6.07, 6.45) is 0. The molecule has 20 heavy (non-hydrogen) atoms. The highest BCUT2D eigenvalue weighted by atomic mass is 35.5. The van der Waals surface area contributed by atoms with Crippen LogP contribution in [0.2, 0.25) is 5.02 Å². The number of pyridine rings is 1. The molecule has 0 spiro atoms. The molecule has 0 N–H and O–H groups in total. The van der Waals surface area contributed by atoms with Crippen LogP contribution < -0.4 is 4.90 Å². The Morgan fingerprint density at radius 1 is 1.40 bits per heavy atom. The molecule has 0 bridgehead atoms. The lowest BCUT2D eigenvalue weighted by molar-refractivity contribution is 0.0952. The van der Waals surface area contributed by atoms with Crippen molar-refractivity contribution in [3.05, 3.63) is 22.8 Å². The smallest absolute Gasteiger partial charge is 0.161 e. The Hall–Kier alpha value is -1.35. The van der Waals surface area contributed by atoms with Crippen LogP contribution in [-0.4, -0.2) is 55.8 Å². The number of hydrogen-bond donors (Lipinski definition) is 0. The number of methoxy groups -OCH3 is 1. The van der Waals surface area contributed by atoms with Crippen molar-refractivity contribution >= 4 is 17.4 Å². The second kappa shape index (κ2) is 6.89. The molecule has 1 fully saturated rings. The number of nitriles is 1. The van der Waals surface area contributed by atoms with Gasteiger partial charge in [-0.1, -0.05) is 11.6 Å². The second-order valence-corrected chi connectivity index (χ2v) is 5.35. The highest BCUT2D eigenvalue weighted by Crippen LogP contribution is 2.20. The van der Waals surface area contributed by atoms with Gasteiger partial charge in [0.2, 0.25) is 0 Å². The van der Waals surface area contributed by atoms with Crippen LogP contribution >= 0.6 is 11.6 Å². The summed E-state index contributed by atoms with van der Waals surface area (Å²) in [5, 5.41) is 9.38. The third-order valence-corrected chi connectivity index (χ3v) is 3.91. The van der Waals surface area contributed by atoms with Gasteiger partial charge in [-0.05, 0) is 19.1 Å². The first-order chi connectivity index (χ1) is 9.65. The maximum absolute atomic E-state index is 8.98. The first kappa shape index (κ1) is 15.0. The Labute approximate surface area is 124 Å². The summed E-state index contributed by atoms with van der Waals surface area (Å²) in [5.74, 6) is 0.824. The van der Waals surface area contributed by atoms with Crippen molar-refractivity contribution in [1.29, 1.82) is 5.26 Å². The fourth-order valence-electron chi connectivity index (χ4n) is 2.42. The predicted molar refractivity (Wildman–Crippen MR) is 79.1 cm³/mol. The lowest BCUT2D eigenvalue weighted by Crippen LogP contribution is -2.51. The number of anilines is 1. The number of piperazine rings is 1. The summed E-state index contributed by atoms with van der Waals surface area (Å²) in [5.41, 5.74) is 0.291. The van der Waals surface area contributed by atoms with Crippen LogP contribution in [0.5, 0.6) is 0 Å². The molecule has 5 nitrogen and oxygen atoms in total. The minimum Gasteiger partial charge on any atom is -0.383 e. The maximum Gasteiger partial charge on any atom is 0.161 e. The molecule has 0 saturated carbocycles. The summed E-state index contributed by atoms with van der Waals surface area (Å²) < 4.78 is 5.19. The second-order valence-electron chi connectivity index (χ2n) is 4.94. The van der Waals surface area contributed by atoms with E-state index in [4.69, 9.17) is 21.6 Å². The molecule has 1 aromatic heterocycles. The molecule has 0 radical (unpaired) electrons. The van der Waals surface area contributed by atoms with Gasteiger partial charge in [-0.15, -0.1) is 0 Å². The van der Waals surface area contributed by atoms with Gasteiger partial charge in [-0.25, -0.2) is 4.98 Å². The Balaban J connectivity index is 1.99. The Morgan fingerprint density at radius 3 is 2.70 bits per heavy atom. The van der Waals surface area contributed by atoms with Crippen LogP contribution in [0.25, 0.3) is 0 Å². The van der Waals surface area contributed by atoms with E-state index in [-0.39, 0.29) is 0 Å². The van der Waals surface area contributed by atoms with Gasteiger partial charge in [0.15, 0.2) is 5.69 Å². The van der Waals surface area contributed by atoms with E-state index in [1.54, 1.807) is 13.2 Å². The van der Waals surface area contributed by atoms with E-state index < -0.39 is 0 Å². The molecule has 1 atom stereocenters. The zero-order chi connectivity index (χ0) is 14.5. The van der Waals surface area contributed by atoms with E-state index in [2.05, 4.69) is 21.7 Å². The Bertz CT molecular complexity index is 494. The van der Waals surface area contributed by atoms with E-state index in [0.29, 0.717) is 16.8 Å². The van der Waals surface area contributed by atoms with Gasteiger partial charge >= 0.3 is 0 Å². The average molecular weight is 295 g/mol. The molecule has 0 aliphatic carbocycles. The first-order valence-electron chi connectivity index (χ1n) is 6.70. The molecular weight excluding hydrogens is 276 g/mol. The van der Waals surface area contributed by atoms with Gasteiger partial charge in [-0.2, -0.15) is 5.26 Å². The van der Waals surface area contributed by atoms with Gasteiger partial charge in [0.25, 0.3) is 0 Å². The van der Waals surface area contributed by atoms with Crippen molar-refractivity contribution in [2.24, 2.45) is 0 Å². The number of nitrogens with zero attached hydrogens (tertiary/aromatic N) is 4. The van der Waals surface area contributed by atoms with E-state index in [9.17, 15) is 0 Å². The third kappa shape index (κ3) is 3.40. The van der Waals surface area contributed by atoms with E-state index in [0.717, 1.165) is 38.6 Å². The molecule has 0 aromatic carbocycles. The standard InChI is InChI=1S/C14H19ClN4O/c1-11(10-20-2)18-5-7-19(8-6-18)14-4-3-12(15)13(9-16)17-14/h3-4,11H,5-8,10H2,1-2H3/t11-/m1/s1. The lowest BCUT2D eigenvalue weighted by Gasteiger charge is -2.38. The van der Waals surface area contributed by atoms with E-state index >= 15 is 0 Å². The van der Waals surface area contributed by atoms with Crippen molar-refractivity contribution in [3.8, 4) is 6.07 Å². The largest absolute Gasteiger partial charge is 0.383 e. The summed E-state index contributed by atoms with van der Waals surface area (Å²) in [7, 11) is 1.73. The van der Waals surface area contributed by atoms with Gasteiger partial charge < -0.3 is 9.64 Å². The Morgan fingerprint density at radius 2 is 2.10 bits per heavy atom. The molecule has 108 valence electrons. The maximum atomic E-state index is 8.98. The summed E-state index contributed by atoms with van der Waals surface area (Å²) in [6.45, 7) is 6.65. The van der Waals surface area contributed by atoms with Crippen LogP contribution in [0.15, 0.2) is 12.1 Å². The highest BCUT2D eigenvalue weighted by molar-refractivity contribution is 6.31. The SMILES string of the molecule is COC[C@@H](C)N1CCN(c2ccc(Cl)c(C#N)n2)CC1. The molecule has 2 rings (SSSR count). The van der Waals surface area contributed by atoms with Crippen LogP contribution in [0.3, 0.4) is 0 Å². The van der Waals surface area contributed by atoms with Crippen LogP contribution in [0.4, 0.5) is 5.82 Å². The van der Waals surface area contributed by atoms with Gasteiger partial charge in [0, 0.05) is 39.3 Å². The predicted octanol–water partition coefficient (Wildman–Crippen LogP) is 1.76. The van der Waals surface area contributed by atoms with Crippen LogP contribution in [0, 0.1) is 11.3 Å². The fourth-order valence-corrected chi connectivity index (χ4v) is 2.57. The summed E-state index contributed by atoms with van der Waals surface area (Å²) in [6, 6.07) is 6.06. The first-order valence-corrected chi connectivity index (χ1v) is 7.08. The van der Waals surface area contributed by atoms with Crippen molar-refractivity contribution < 1.29 is 4.74 Å². The van der Waals surface area contributed by atoms with E-state index in [1.165, 1.54) is 0 Å². The molecule has 6 heteroatoms. The number of ether oxygens (including phenoxy) is 1. The molecule has 1 aromatic rings. The van der Waals surface area contributed by atoms with Crippen molar-refractivity contribution in [1.82, 2.24) is 9.88 Å². The normalized spacial score (nSPS) is 17.8. The third-order valence-electron chi connectivity index (χ3n) is 3.61. The quantitative estimate of drug-likeness (QED) is 0.847. The molecular formula is C14H19ClN4O. The zero-order valence-corrected chi connectivity index (χ0v) is 12.6. The Kier molecular flexibility index (Phi) is 5.18. The summed E-state index contributed by atoms with van der Waals surface area (Å²) >= 11 is 5.91. The molecule has 1 aliphatic heterocycles. The molecule has 0 amide bonds. The van der Waals surface area contributed by atoms with Crippen LogP contribution in [-0.2, 0) is 4.74 Å². The lowest BCUT2D eigenvalue weighted by atomic mass is 10.2. The monoisotopic (exact) mass is 294 g/mol. The topological polar surface area (TPSA) is 52.4 Å². The van der Waals surface area contributed by atoms with Crippen molar-refractivity contribution in [3.63, 3.8) is 0 Å². The summed E-state index contributed by atoms with van der Waals surface area (Å²) in [4.78, 5) is 8.90. The molecule has 1 aliphatic rings. The van der Waals surface area contributed by atoms with Crippen LogP contribution in [0.1, 0.15) is 12.6 Å².